The van der Waals surface area contributed by atoms with Crippen LogP contribution in [0.2, 0.25) is 15.1 Å². The van der Waals surface area contributed by atoms with Crippen molar-refractivity contribution in [1.82, 2.24) is 4.57 Å². The highest BCUT2D eigenvalue weighted by atomic mass is 35.5. The maximum Gasteiger partial charge on any atom is 0.249 e. The van der Waals surface area contributed by atoms with Crippen molar-refractivity contribution in [2.24, 2.45) is 5.73 Å². The lowest BCUT2D eigenvalue weighted by atomic mass is 10.0. The number of fused-ring (bicyclic) bond motifs is 3. The van der Waals surface area contributed by atoms with Gasteiger partial charge in [0.2, 0.25) is 5.91 Å². The van der Waals surface area contributed by atoms with Gasteiger partial charge in [0.05, 0.1) is 17.6 Å². The van der Waals surface area contributed by atoms with Crippen molar-refractivity contribution in [2.75, 3.05) is 0 Å². The average molecular weight is 480 g/mol. The SMILES string of the molecule is NC(=O)c1cccc2c1c1ccc(-c3ccc(Cl)cc3)cc1n2Cc1c(Cl)cccc1Cl. The first kappa shape index (κ1) is 20.9. The Morgan fingerprint density at radius 1 is 0.781 bits per heavy atom. The summed E-state index contributed by atoms with van der Waals surface area (Å²) in [7, 11) is 0. The number of carbonyl (C=O) groups is 1. The molecule has 0 radical (unpaired) electrons. The topological polar surface area (TPSA) is 48.0 Å². The number of hydrogen-bond acceptors (Lipinski definition) is 1. The van der Waals surface area contributed by atoms with E-state index in [1.54, 1.807) is 6.07 Å². The van der Waals surface area contributed by atoms with E-state index in [1.807, 2.05) is 66.7 Å². The number of nitrogens with two attached hydrogens (primary N) is 1. The number of aromatic nitrogens is 1. The largest absolute Gasteiger partial charge is 0.366 e. The standard InChI is InChI=1S/C26H17Cl3N2O/c27-17-10-7-15(8-11-17)16-9-12-18-24(13-16)31(14-20-21(28)4-2-5-22(20)29)23-6-1-3-19(25(18)23)26(30)32/h1-13H,14H2,(H2,30,32). The molecule has 5 aromatic rings. The van der Waals surface area contributed by atoms with Gasteiger partial charge >= 0.3 is 0 Å². The van der Waals surface area contributed by atoms with Crippen LogP contribution in [0, 0.1) is 0 Å². The molecule has 5 rings (SSSR count). The van der Waals surface area contributed by atoms with Crippen LogP contribution < -0.4 is 5.73 Å². The molecule has 1 amide bonds. The summed E-state index contributed by atoms with van der Waals surface area (Å²) in [4.78, 5) is 12.2. The molecular formula is C26H17Cl3N2O. The van der Waals surface area contributed by atoms with Crippen LogP contribution in [0.15, 0.2) is 78.9 Å². The van der Waals surface area contributed by atoms with E-state index in [1.165, 1.54) is 0 Å². The molecule has 0 aliphatic rings. The molecule has 0 aliphatic heterocycles. The molecule has 0 saturated heterocycles. The zero-order chi connectivity index (χ0) is 22.4. The van der Waals surface area contributed by atoms with Gasteiger partial charge in [0.1, 0.15) is 0 Å². The van der Waals surface area contributed by atoms with Gasteiger partial charge in [-0.3, -0.25) is 4.79 Å². The predicted molar refractivity (Wildman–Crippen MR) is 134 cm³/mol. The van der Waals surface area contributed by atoms with Gasteiger partial charge < -0.3 is 10.3 Å². The first-order chi connectivity index (χ1) is 15.4. The summed E-state index contributed by atoms with van der Waals surface area (Å²) in [6, 6.07) is 24.9. The fraction of sp³-hybridized carbons (Fsp3) is 0.0385. The van der Waals surface area contributed by atoms with E-state index in [9.17, 15) is 4.79 Å². The zero-order valence-electron chi connectivity index (χ0n) is 16.8. The van der Waals surface area contributed by atoms with Crippen LogP contribution in [0.5, 0.6) is 0 Å². The summed E-state index contributed by atoms with van der Waals surface area (Å²) in [6.07, 6.45) is 0. The highest BCUT2D eigenvalue weighted by molar-refractivity contribution is 6.36. The lowest BCUT2D eigenvalue weighted by Gasteiger charge is -2.12. The Labute approximate surface area is 199 Å². The summed E-state index contributed by atoms with van der Waals surface area (Å²) in [5, 5.41) is 3.62. The number of primary amides is 1. The highest BCUT2D eigenvalue weighted by Crippen LogP contribution is 2.36. The number of amides is 1. The minimum Gasteiger partial charge on any atom is -0.366 e. The highest BCUT2D eigenvalue weighted by Gasteiger charge is 2.18. The molecule has 0 bridgehead atoms. The summed E-state index contributed by atoms with van der Waals surface area (Å²) >= 11 is 19.0. The van der Waals surface area contributed by atoms with Gasteiger partial charge in [-0.25, -0.2) is 0 Å². The van der Waals surface area contributed by atoms with Crippen LogP contribution in [0.25, 0.3) is 32.9 Å². The molecule has 2 N–H and O–H groups in total. The molecule has 0 saturated carbocycles. The molecule has 1 aromatic heterocycles. The summed E-state index contributed by atoms with van der Waals surface area (Å²) < 4.78 is 2.13. The van der Waals surface area contributed by atoms with Gasteiger partial charge in [-0.05, 0) is 53.6 Å². The molecular weight excluding hydrogens is 463 g/mol. The summed E-state index contributed by atoms with van der Waals surface area (Å²) in [6.45, 7) is 0.449. The fourth-order valence-corrected chi connectivity index (χ4v) is 4.83. The van der Waals surface area contributed by atoms with Crippen LogP contribution in [0.3, 0.4) is 0 Å². The minimum absolute atomic E-state index is 0.449. The summed E-state index contributed by atoms with van der Waals surface area (Å²) in [5.41, 5.74) is 10.9. The number of rotatable bonds is 4. The molecule has 4 aromatic carbocycles. The number of nitrogens with zero attached hydrogens (tertiary/aromatic N) is 1. The Balaban J connectivity index is 1.82. The maximum absolute atomic E-state index is 12.2. The third-order valence-corrected chi connectivity index (χ3v) is 6.67. The molecule has 1 heterocycles. The molecule has 0 atom stereocenters. The molecule has 0 unspecified atom stereocenters. The molecule has 32 heavy (non-hydrogen) atoms. The Kier molecular flexibility index (Phi) is 5.34. The Morgan fingerprint density at radius 2 is 1.44 bits per heavy atom. The van der Waals surface area contributed by atoms with Crippen molar-refractivity contribution in [2.45, 2.75) is 6.54 Å². The smallest absolute Gasteiger partial charge is 0.249 e. The van der Waals surface area contributed by atoms with Crippen LogP contribution in [-0.4, -0.2) is 10.5 Å². The van der Waals surface area contributed by atoms with Gasteiger partial charge in [0.15, 0.2) is 0 Å². The molecule has 0 aliphatic carbocycles. The number of hydrogen-bond donors (Lipinski definition) is 1. The second-order valence-corrected chi connectivity index (χ2v) is 8.84. The van der Waals surface area contributed by atoms with Gasteiger partial charge in [-0.2, -0.15) is 0 Å². The zero-order valence-corrected chi connectivity index (χ0v) is 19.0. The van der Waals surface area contributed by atoms with Gasteiger partial charge in [0, 0.05) is 37.0 Å². The van der Waals surface area contributed by atoms with E-state index >= 15 is 0 Å². The number of benzene rings is 4. The van der Waals surface area contributed by atoms with Gasteiger partial charge in [-0.15, -0.1) is 0 Å². The Bertz CT molecular complexity index is 1480. The van der Waals surface area contributed by atoms with Crippen LogP contribution in [-0.2, 0) is 6.54 Å². The van der Waals surface area contributed by atoms with E-state index in [0.717, 1.165) is 38.5 Å². The maximum atomic E-state index is 12.2. The molecule has 6 heteroatoms. The van der Waals surface area contributed by atoms with Crippen molar-refractivity contribution in [1.29, 1.82) is 0 Å². The predicted octanol–water partition coefficient (Wildman–Crippen LogP) is 7.57. The Morgan fingerprint density at radius 3 is 2.12 bits per heavy atom. The van der Waals surface area contributed by atoms with Crippen LogP contribution in [0.1, 0.15) is 15.9 Å². The summed E-state index contributed by atoms with van der Waals surface area (Å²) in [5.74, 6) is -0.466. The van der Waals surface area contributed by atoms with E-state index in [4.69, 9.17) is 40.5 Å². The second kappa shape index (κ2) is 8.18. The first-order valence-corrected chi connectivity index (χ1v) is 11.1. The van der Waals surface area contributed by atoms with Crippen molar-refractivity contribution in [3.8, 4) is 11.1 Å². The second-order valence-electron chi connectivity index (χ2n) is 7.59. The lowest BCUT2D eigenvalue weighted by Crippen LogP contribution is -2.11. The average Bonchev–Trinajstić information content (AvgIpc) is 3.09. The normalized spacial score (nSPS) is 11.3. The van der Waals surface area contributed by atoms with Crippen LogP contribution in [0.4, 0.5) is 0 Å². The van der Waals surface area contributed by atoms with Crippen molar-refractivity contribution < 1.29 is 4.79 Å². The van der Waals surface area contributed by atoms with Crippen molar-refractivity contribution in [3.05, 3.63) is 105 Å². The first-order valence-electron chi connectivity index (χ1n) is 9.97. The van der Waals surface area contributed by atoms with Crippen molar-refractivity contribution >= 4 is 62.5 Å². The minimum atomic E-state index is -0.466. The lowest BCUT2D eigenvalue weighted by molar-refractivity contribution is 0.100. The monoisotopic (exact) mass is 478 g/mol. The van der Waals surface area contributed by atoms with Gasteiger partial charge in [-0.1, -0.05) is 71.2 Å². The third kappa shape index (κ3) is 3.53. The van der Waals surface area contributed by atoms with Crippen molar-refractivity contribution in [3.63, 3.8) is 0 Å². The van der Waals surface area contributed by atoms with E-state index < -0.39 is 5.91 Å². The molecule has 0 spiro atoms. The molecule has 158 valence electrons. The van der Waals surface area contributed by atoms with E-state index in [2.05, 4.69) is 10.6 Å². The van der Waals surface area contributed by atoms with E-state index in [-0.39, 0.29) is 0 Å². The molecule has 3 nitrogen and oxygen atoms in total. The van der Waals surface area contributed by atoms with E-state index in [0.29, 0.717) is 27.2 Å². The number of halogens is 3. The molecule has 0 fully saturated rings. The Hall–Kier alpha value is -2.98. The third-order valence-electron chi connectivity index (χ3n) is 5.71. The quantitative estimate of drug-likeness (QED) is 0.284. The van der Waals surface area contributed by atoms with Crippen LogP contribution >= 0.6 is 34.8 Å². The fourth-order valence-electron chi connectivity index (χ4n) is 4.18. The number of carbonyl (C=O) groups excluding carboxylic acids is 1. The van der Waals surface area contributed by atoms with Gasteiger partial charge in [0.25, 0.3) is 0 Å².